The summed E-state index contributed by atoms with van der Waals surface area (Å²) in [5.41, 5.74) is 1.04. The minimum atomic E-state index is -0.169. The molecule has 0 aromatic heterocycles. The number of benzene rings is 1. The largest absolute Gasteiger partial charge is 0.445 e. The van der Waals surface area contributed by atoms with Crippen LogP contribution in [0, 0.1) is 5.92 Å². The molecule has 4 heteroatoms. The van der Waals surface area contributed by atoms with E-state index in [1.165, 1.54) is 19.3 Å². The van der Waals surface area contributed by atoms with Crippen molar-refractivity contribution in [3.63, 3.8) is 0 Å². The van der Waals surface area contributed by atoms with Gasteiger partial charge in [0.1, 0.15) is 6.61 Å². The molecule has 0 N–H and O–H groups in total. The maximum Gasteiger partial charge on any atom is 0.410 e. The van der Waals surface area contributed by atoms with Gasteiger partial charge in [-0.1, -0.05) is 59.1 Å². The number of nitrogens with zero attached hydrogens (tertiary/aromatic N) is 1. The number of halogens is 1. The van der Waals surface area contributed by atoms with Crippen LogP contribution in [0.4, 0.5) is 4.79 Å². The Labute approximate surface area is 135 Å². The second kappa shape index (κ2) is 9.08. The van der Waals surface area contributed by atoms with E-state index in [1.54, 1.807) is 0 Å². The van der Waals surface area contributed by atoms with E-state index < -0.39 is 0 Å². The normalized spacial score (nSPS) is 16.0. The van der Waals surface area contributed by atoms with Gasteiger partial charge in [-0.05, 0) is 30.7 Å². The van der Waals surface area contributed by atoms with Gasteiger partial charge < -0.3 is 9.64 Å². The van der Waals surface area contributed by atoms with E-state index in [0.29, 0.717) is 6.61 Å². The van der Waals surface area contributed by atoms with E-state index in [-0.39, 0.29) is 6.09 Å². The zero-order valence-electron chi connectivity index (χ0n) is 12.5. The van der Waals surface area contributed by atoms with Gasteiger partial charge in [0.25, 0.3) is 0 Å². The lowest BCUT2D eigenvalue weighted by molar-refractivity contribution is 0.0813. The second-order valence-corrected chi connectivity index (χ2v) is 6.45. The average Bonchev–Trinajstić information content (AvgIpc) is 2.54. The fourth-order valence-corrected chi connectivity index (χ4v) is 3.14. The molecule has 0 radical (unpaired) electrons. The zero-order chi connectivity index (χ0) is 14.9. The Balaban J connectivity index is 1.66. The van der Waals surface area contributed by atoms with Gasteiger partial charge in [-0.3, -0.25) is 0 Å². The first-order valence-electron chi connectivity index (χ1n) is 7.81. The van der Waals surface area contributed by atoms with Gasteiger partial charge in [0.05, 0.1) is 0 Å². The molecule has 1 aromatic carbocycles. The molecular weight excluding hydrogens is 330 g/mol. The first-order chi connectivity index (χ1) is 10.3. The van der Waals surface area contributed by atoms with Crippen LogP contribution in [0.5, 0.6) is 0 Å². The Morgan fingerprint density at radius 2 is 1.90 bits per heavy atom. The molecule has 1 fully saturated rings. The van der Waals surface area contributed by atoms with Gasteiger partial charge in [-0.25, -0.2) is 4.79 Å². The van der Waals surface area contributed by atoms with Crippen molar-refractivity contribution in [2.24, 2.45) is 5.92 Å². The summed E-state index contributed by atoms with van der Waals surface area (Å²) in [6.07, 6.45) is 5.88. The van der Waals surface area contributed by atoms with Gasteiger partial charge in [-0.15, -0.1) is 0 Å². The Morgan fingerprint density at radius 1 is 1.19 bits per heavy atom. The van der Waals surface area contributed by atoms with Crippen molar-refractivity contribution in [1.29, 1.82) is 0 Å². The zero-order valence-corrected chi connectivity index (χ0v) is 14.1. The van der Waals surface area contributed by atoms with Crippen LogP contribution in [0.15, 0.2) is 30.3 Å². The minimum absolute atomic E-state index is 0.169. The van der Waals surface area contributed by atoms with Crippen molar-refractivity contribution in [3.05, 3.63) is 35.9 Å². The van der Waals surface area contributed by atoms with Crippen LogP contribution in [0.25, 0.3) is 0 Å². The van der Waals surface area contributed by atoms with Gasteiger partial charge >= 0.3 is 6.09 Å². The number of alkyl halides is 1. The van der Waals surface area contributed by atoms with E-state index in [9.17, 15) is 4.79 Å². The third-order valence-electron chi connectivity index (χ3n) is 4.07. The lowest BCUT2D eigenvalue weighted by Gasteiger charge is -2.31. The quantitative estimate of drug-likeness (QED) is 0.552. The summed E-state index contributed by atoms with van der Waals surface area (Å²) in [5, 5.41) is 1.09. The van der Waals surface area contributed by atoms with Crippen molar-refractivity contribution in [3.8, 4) is 0 Å². The fraction of sp³-hybridized carbons (Fsp3) is 0.588. The van der Waals surface area contributed by atoms with Crippen LogP contribution < -0.4 is 0 Å². The SMILES string of the molecule is O=C(OCc1ccccc1)N1CCC(CCCCBr)CC1. The smallest absolute Gasteiger partial charge is 0.410 e. The molecular formula is C17H24BrNO2. The fourth-order valence-electron chi connectivity index (χ4n) is 2.74. The maximum absolute atomic E-state index is 12.0. The molecule has 1 aliphatic rings. The highest BCUT2D eigenvalue weighted by molar-refractivity contribution is 9.09. The standard InChI is InChI=1S/C17H24BrNO2/c18-11-5-4-6-15-9-12-19(13-10-15)17(20)21-14-16-7-2-1-3-8-16/h1-3,7-8,15H,4-6,9-14H2. The number of unbranched alkanes of at least 4 members (excludes halogenated alkanes) is 1. The molecule has 0 unspecified atom stereocenters. The highest BCUT2D eigenvalue weighted by atomic mass is 79.9. The number of hydrogen-bond donors (Lipinski definition) is 0. The third-order valence-corrected chi connectivity index (χ3v) is 4.63. The predicted octanol–water partition coefficient (Wildman–Crippen LogP) is 4.60. The third kappa shape index (κ3) is 5.70. The molecule has 0 spiro atoms. The van der Waals surface area contributed by atoms with Crippen LogP contribution in [-0.4, -0.2) is 29.4 Å². The van der Waals surface area contributed by atoms with Crippen LogP contribution in [0.1, 0.15) is 37.7 Å². The number of amides is 1. The number of hydrogen-bond acceptors (Lipinski definition) is 2. The Bertz CT molecular complexity index is 416. The highest BCUT2D eigenvalue weighted by Gasteiger charge is 2.23. The van der Waals surface area contributed by atoms with Crippen LogP contribution in [0.3, 0.4) is 0 Å². The monoisotopic (exact) mass is 353 g/mol. The molecule has 0 saturated carbocycles. The molecule has 0 atom stereocenters. The molecule has 21 heavy (non-hydrogen) atoms. The maximum atomic E-state index is 12.0. The second-order valence-electron chi connectivity index (χ2n) is 5.66. The molecule has 3 nitrogen and oxygen atoms in total. The van der Waals surface area contributed by atoms with Crippen molar-refractivity contribution >= 4 is 22.0 Å². The van der Waals surface area contributed by atoms with Crippen molar-refractivity contribution in [2.45, 2.75) is 38.7 Å². The number of rotatable bonds is 6. The molecule has 0 bridgehead atoms. The molecule has 1 heterocycles. The Kier molecular flexibility index (Phi) is 7.07. The van der Waals surface area contributed by atoms with Gasteiger partial charge in [-0.2, -0.15) is 0 Å². The van der Waals surface area contributed by atoms with Crippen molar-refractivity contribution in [1.82, 2.24) is 4.90 Å². The summed E-state index contributed by atoms with van der Waals surface area (Å²) in [7, 11) is 0. The molecule has 0 aliphatic carbocycles. The van der Waals surface area contributed by atoms with E-state index >= 15 is 0 Å². The molecule has 1 amide bonds. The predicted molar refractivity (Wildman–Crippen MR) is 88.6 cm³/mol. The number of carbonyl (C=O) groups is 1. The Morgan fingerprint density at radius 3 is 2.57 bits per heavy atom. The molecule has 2 rings (SSSR count). The van der Waals surface area contributed by atoms with Crippen molar-refractivity contribution in [2.75, 3.05) is 18.4 Å². The first-order valence-corrected chi connectivity index (χ1v) is 8.93. The van der Waals surface area contributed by atoms with Gasteiger partial charge in [0.15, 0.2) is 0 Å². The molecule has 1 aromatic rings. The number of ether oxygens (including phenoxy) is 1. The van der Waals surface area contributed by atoms with Crippen LogP contribution in [-0.2, 0) is 11.3 Å². The van der Waals surface area contributed by atoms with E-state index in [0.717, 1.165) is 42.7 Å². The average molecular weight is 354 g/mol. The Hall–Kier alpha value is -1.03. The van der Waals surface area contributed by atoms with E-state index in [4.69, 9.17) is 4.74 Å². The molecule has 1 aliphatic heterocycles. The summed E-state index contributed by atoms with van der Waals surface area (Å²) in [6, 6.07) is 9.83. The lowest BCUT2D eigenvalue weighted by Crippen LogP contribution is -2.38. The van der Waals surface area contributed by atoms with Crippen molar-refractivity contribution < 1.29 is 9.53 Å². The molecule has 116 valence electrons. The van der Waals surface area contributed by atoms with E-state index in [2.05, 4.69) is 15.9 Å². The van der Waals surface area contributed by atoms with Gasteiger partial charge in [0.2, 0.25) is 0 Å². The van der Waals surface area contributed by atoms with Crippen LogP contribution in [0.2, 0.25) is 0 Å². The summed E-state index contributed by atoms with van der Waals surface area (Å²) in [6.45, 7) is 2.05. The minimum Gasteiger partial charge on any atom is -0.445 e. The lowest BCUT2D eigenvalue weighted by atomic mass is 9.92. The topological polar surface area (TPSA) is 29.5 Å². The van der Waals surface area contributed by atoms with Crippen LogP contribution >= 0.6 is 15.9 Å². The number of carbonyl (C=O) groups excluding carboxylic acids is 1. The highest BCUT2D eigenvalue weighted by Crippen LogP contribution is 2.23. The number of likely N-dealkylation sites (tertiary alicyclic amines) is 1. The molecule has 1 saturated heterocycles. The summed E-state index contributed by atoms with van der Waals surface area (Å²) in [5.74, 6) is 0.780. The summed E-state index contributed by atoms with van der Waals surface area (Å²) in [4.78, 5) is 13.9. The van der Waals surface area contributed by atoms with Gasteiger partial charge in [0, 0.05) is 18.4 Å². The van der Waals surface area contributed by atoms with E-state index in [1.807, 2.05) is 35.2 Å². The first kappa shape index (κ1) is 16.3. The number of piperidine rings is 1. The summed E-state index contributed by atoms with van der Waals surface area (Å²) < 4.78 is 5.38. The summed E-state index contributed by atoms with van der Waals surface area (Å²) >= 11 is 3.47.